The number of carbonyl (C=O) groups excluding carboxylic acids is 4. The maximum Gasteiger partial charge on any atom is 0.513 e. The van der Waals surface area contributed by atoms with Crippen LogP contribution in [0.25, 0.3) is 0 Å². The van der Waals surface area contributed by atoms with Gasteiger partial charge < -0.3 is 38.9 Å². The van der Waals surface area contributed by atoms with E-state index in [1.807, 2.05) is 27.7 Å². The average molecular weight is 570 g/mol. The molecule has 1 aromatic rings. The number of hydrogen-bond acceptors (Lipinski definition) is 12. The molecule has 0 bridgehead atoms. The van der Waals surface area contributed by atoms with Crippen molar-refractivity contribution in [2.24, 2.45) is 11.7 Å². The molecule has 0 saturated heterocycles. The van der Waals surface area contributed by atoms with E-state index in [0.29, 0.717) is 18.4 Å². The number of ether oxygens (including phenoxy) is 7. The van der Waals surface area contributed by atoms with Gasteiger partial charge in [-0.1, -0.05) is 53.0 Å². The molecule has 1 unspecified atom stereocenters. The Labute approximate surface area is 235 Å². The second kappa shape index (κ2) is 19.5. The third-order valence-corrected chi connectivity index (χ3v) is 5.52. The van der Waals surface area contributed by atoms with E-state index in [0.717, 1.165) is 19.3 Å². The largest absolute Gasteiger partial charge is 0.513 e. The van der Waals surface area contributed by atoms with Crippen LogP contribution in [-0.2, 0) is 34.9 Å². The zero-order valence-electron chi connectivity index (χ0n) is 24.1. The Kier molecular flexibility index (Phi) is 16.8. The van der Waals surface area contributed by atoms with Crippen LogP contribution >= 0.6 is 0 Å². The fourth-order valence-corrected chi connectivity index (χ4v) is 2.89. The Hall–Kier alpha value is -3.54. The zero-order chi connectivity index (χ0) is 29.9. The number of carbonyl (C=O) groups is 4. The lowest BCUT2D eigenvalue weighted by Crippen LogP contribution is -2.37. The van der Waals surface area contributed by atoms with Crippen LogP contribution in [0.15, 0.2) is 18.2 Å². The monoisotopic (exact) mass is 569 g/mol. The lowest BCUT2D eigenvalue weighted by atomic mass is 10.1. The first kappa shape index (κ1) is 34.5. The second-order valence-corrected chi connectivity index (χ2v) is 9.33. The van der Waals surface area contributed by atoms with Crippen molar-refractivity contribution >= 4 is 24.4 Å². The van der Waals surface area contributed by atoms with Gasteiger partial charge in [0.15, 0.2) is 11.5 Å². The molecule has 0 saturated carbocycles. The summed E-state index contributed by atoms with van der Waals surface area (Å²) >= 11 is 0. The first-order chi connectivity index (χ1) is 19.1. The molecule has 12 nitrogen and oxygen atoms in total. The normalized spacial score (nSPS) is 12.8. The van der Waals surface area contributed by atoms with E-state index < -0.39 is 36.6 Å². The molecule has 0 aliphatic heterocycles. The minimum absolute atomic E-state index is 0.00578. The molecule has 2 N–H and O–H groups in total. The zero-order valence-corrected chi connectivity index (χ0v) is 24.1. The summed E-state index contributed by atoms with van der Waals surface area (Å²) in [6, 6.07) is 3.26. The molecule has 0 aliphatic rings. The van der Waals surface area contributed by atoms with Crippen LogP contribution in [0.2, 0.25) is 0 Å². The van der Waals surface area contributed by atoms with E-state index in [1.54, 1.807) is 13.0 Å². The molecular weight excluding hydrogens is 526 g/mol. The number of hydrogen-bond donors (Lipinski definition) is 1. The predicted molar refractivity (Wildman–Crippen MR) is 144 cm³/mol. The first-order valence-electron chi connectivity index (χ1n) is 13.7. The maximum atomic E-state index is 12.5. The number of rotatable bonds is 17. The lowest BCUT2D eigenvalue weighted by molar-refractivity contribution is -0.152. The van der Waals surface area contributed by atoms with Gasteiger partial charge in [-0.05, 0) is 49.8 Å². The van der Waals surface area contributed by atoms with Gasteiger partial charge in [0.25, 0.3) is 0 Å². The van der Waals surface area contributed by atoms with Crippen molar-refractivity contribution in [2.45, 2.75) is 85.3 Å². The van der Waals surface area contributed by atoms with Crippen LogP contribution in [0.3, 0.4) is 0 Å². The highest BCUT2D eigenvalue weighted by molar-refractivity contribution is 5.76. The number of esters is 1. The van der Waals surface area contributed by atoms with Crippen molar-refractivity contribution in [2.75, 3.05) is 26.4 Å². The molecule has 40 heavy (non-hydrogen) atoms. The summed E-state index contributed by atoms with van der Waals surface area (Å²) in [4.78, 5) is 48.3. The highest BCUT2D eigenvalue weighted by atomic mass is 16.7. The number of benzene rings is 1. The Morgan fingerprint density at radius 1 is 0.775 bits per heavy atom. The predicted octanol–water partition coefficient (Wildman–Crippen LogP) is 5.32. The van der Waals surface area contributed by atoms with E-state index in [2.05, 4.69) is 0 Å². The maximum absolute atomic E-state index is 12.5. The first-order valence-corrected chi connectivity index (χ1v) is 13.7. The topological polar surface area (TPSA) is 159 Å². The fraction of sp³-hybridized carbons (Fsp3) is 0.643. The standard InChI is InChI=1S/C28H43NO11/c1-6-9-13-34-27(32)39-23-12-11-21(16-24(23)40-28(33)35-14-10-7-2)15-22(29)25(30)38-20(5)18-37-26(31)36-17-19(4)8-3/h11-12,16,19-20,22H,6-10,13-15,17-18,29H2,1-5H3/t19?,20-,22-/m0/s1. The highest BCUT2D eigenvalue weighted by Gasteiger charge is 2.22. The van der Waals surface area contributed by atoms with Gasteiger partial charge in [-0.2, -0.15) is 0 Å². The molecule has 0 amide bonds. The SMILES string of the molecule is CCCCOC(=O)Oc1ccc(C[C@H](N)C(=O)O[C@@H](C)COC(=O)OCC(C)CC)cc1OC(=O)OCCCC. The molecule has 1 aromatic carbocycles. The molecule has 3 atom stereocenters. The smallest absolute Gasteiger partial charge is 0.458 e. The second-order valence-electron chi connectivity index (χ2n) is 9.33. The minimum Gasteiger partial charge on any atom is -0.458 e. The van der Waals surface area contributed by atoms with Crippen LogP contribution < -0.4 is 15.2 Å². The summed E-state index contributed by atoms with van der Waals surface area (Å²) in [7, 11) is 0. The molecule has 0 spiro atoms. The Morgan fingerprint density at radius 2 is 1.35 bits per heavy atom. The average Bonchev–Trinajstić information content (AvgIpc) is 2.92. The summed E-state index contributed by atoms with van der Waals surface area (Å²) in [6.45, 7) is 9.75. The summed E-state index contributed by atoms with van der Waals surface area (Å²) in [5, 5.41) is 0. The van der Waals surface area contributed by atoms with Crippen LogP contribution in [0, 0.1) is 5.92 Å². The van der Waals surface area contributed by atoms with Gasteiger partial charge in [-0.3, -0.25) is 4.79 Å². The quantitative estimate of drug-likeness (QED) is 0.111. The summed E-state index contributed by atoms with van der Waals surface area (Å²) in [5.74, 6) is -0.700. The molecule has 1 rings (SSSR count). The Bertz CT molecular complexity index is 937. The van der Waals surface area contributed by atoms with Crippen LogP contribution in [0.4, 0.5) is 14.4 Å². The van der Waals surface area contributed by atoms with Gasteiger partial charge in [0, 0.05) is 0 Å². The van der Waals surface area contributed by atoms with Crippen LogP contribution in [0.5, 0.6) is 11.5 Å². The minimum atomic E-state index is -1.09. The van der Waals surface area contributed by atoms with Gasteiger partial charge >= 0.3 is 24.4 Å². The fourth-order valence-electron chi connectivity index (χ4n) is 2.89. The van der Waals surface area contributed by atoms with E-state index in [1.165, 1.54) is 12.1 Å². The van der Waals surface area contributed by atoms with Crippen molar-refractivity contribution in [1.82, 2.24) is 0 Å². The molecule has 0 heterocycles. The van der Waals surface area contributed by atoms with E-state index >= 15 is 0 Å². The molecular formula is C28H43NO11. The number of nitrogens with two attached hydrogens (primary N) is 1. The van der Waals surface area contributed by atoms with Crippen molar-refractivity contribution in [3.05, 3.63) is 23.8 Å². The summed E-state index contributed by atoms with van der Waals surface area (Å²) < 4.78 is 35.7. The molecule has 0 aliphatic carbocycles. The van der Waals surface area contributed by atoms with Gasteiger partial charge in [0.05, 0.1) is 19.8 Å². The lowest BCUT2D eigenvalue weighted by Gasteiger charge is -2.18. The Morgan fingerprint density at radius 3 is 1.93 bits per heavy atom. The van der Waals surface area contributed by atoms with Gasteiger partial charge in [-0.15, -0.1) is 0 Å². The summed E-state index contributed by atoms with van der Waals surface area (Å²) in [5.41, 5.74) is 6.51. The number of unbranched alkanes of at least 4 members (excludes halogenated alkanes) is 2. The Balaban J connectivity index is 2.77. The molecule has 12 heteroatoms. The van der Waals surface area contributed by atoms with E-state index in [4.69, 9.17) is 38.9 Å². The van der Waals surface area contributed by atoms with E-state index in [9.17, 15) is 19.2 Å². The van der Waals surface area contributed by atoms with Crippen molar-refractivity contribution in [3.63, 3.8) is 0 Å². The van der Waals surface area contributed by atoms with Gasteiger partial charge in [0.2, 0.25) is 0 Å². The van der Waals surface area contributed by atoms with Crippen LogP contribution in [0.1, 0.15) is 72.3 Å². The third-order valence-electron chi connectivity index (χ3n) is 5.52. The highest BCUT2D eigenvalue weighted by Crippen LogP contribution is 2.30. The molecule has 0 radical (unpaired) electrons. The van der Waals surface area contributed by atoms with Crippen molar-refractivity contribution in [3.8, 4) is 11.5 Å². The molecule has 0 fully saturated rings. The third kappa shape index (κ3) is 14.6. The van der Waals surface area contributed by atoms with E-state index in [-0.39, 0.29) is 50.3 Å². The van der Waals surface area contributed by atoms with Gasteiger partial charge in [-0.25, -0.2) is 14.4 Å². The van der Waals surface area contributed by atoms with Crippen molar-refractivity contribution in [1.29, 1.82) is 0 Å². The van der Waals surface area contributed by atoms with Crippen LogP contribution in [-0.4, -0.2) is 63.0 Å². The molecule has 0 aromatic heterocycles. The van der Waals surface area contributed by atoms with Crippen molar-refractivity contribution < 1.29 is 52.3 Å². The summed E-state index contributed by atoms with van der Waals surface area (Å²) in [6.07, 6.45) is 0.306. The molecule has 226 valence electrons. The van der Waals surface area contributed by atoms with Gasteiger partial charge in [0.1, 0.15) is 18.8 Å².